The summed E-state index contributed by atoms with van der Waals surface area (Å²) >= 11 is 0. The lowest BCUT2D eigenvalue weighted by atomic mass is 10.2. The lowest BCUT2D eigenvalue weighted by Crippen LogP contribution is -2.22. The third-order valence-electron chi connectivity index (χ3n) is 2.57. The van der Waals surface area contributed by atoms with Gasteiger partial charge in [-0.25, -0.2) is 0 Å². The van der Waals surface area contributed by atoms with Crippen molar-refractivity contribution in [1.82, 2.24) is 10.3 Å². The number of carbonyl (C=O) groups excluding carboxylic acids is 1. The minimum absolute atomic E-state index is 0.0333. The van der Waals surface area contributed by atoms with Crippen LogP contribution in [-0.2, 0) is 6.54 Å². The first kappa shape index (κ1) is 12.9. The molecule has 2 aromatic rings. The van der Waals surface area contributed by atoms with Crippen LogP contribution in [0.5, 0.6) is 11.5 Å². The van der Waals surface area contributed by atoms with Gasteiger partial charge in [-0.2, -0.15) is 0 Å². The van der Waals surface area contributed by atoms with E-state index in [0.717, 1.165) is 11.3 Å². The molecule has 0 bridgehead atoms. The van der Waals surface area contributed by atoms with Crippen LogP contribution in [0, 0.1) is 0 Å². The maximum Gasteiger partial charge on any atom is 0.253 e. The second kappa shape index (κ2) is 5.86. The molecule has 0 radical (unpaired) electrons. The number of nitrogens with zero attached hydrogens (tertiary/aromatic N) is 1. The molecule has 0 aliphatic rings. The number of pyridine rings is 1. The van der Waals surface area contributed by atoms with Gasteiger partial charge in [-0.15, -0.1) is 0 Å². The van der Waals surface area contributed by atoms with E-state index >= 15 is 0 Å². The first-order valence-electron chi connectivity index (χ1n) is 5.74. The number of benzene rings is 1. The lowest BCUT2D eigenvalue weighted by molar-refractivity contribution is 0.0950. The molecule has 0 atom stereocenters. The van der Waals surface area contributed by atoms with Crippen molar-refractivity contribution in [2.24, 2.45) is 0 Å². The highest BCUT2D eigenvalue weighted by Crippen LogP contribution is 2.13. The number of carbonyl (C=O) groups is 1. The maximum atomic E-state index is 11.8. The van der Waals surface area contributed by atoms with E-state index < -0.39 is 0 Å². The van der Waals surface area contributed by atoms with Gasteiger partial charge in [-0.05, 0) is 23.8 Å². The first-order chi connectivity index (χ1) is 9.19. The molecule has 1 amide bonds. The number of amides is 1. The van der Waals surface area contributed by atoms with Crippen LogP contribution < -0.4 is 10.1 Å². The van der Waals surface area contributed by atoms with Crippen LogP contribution in [0.1, 0.15) is 15.9 Å². The number of nitrogens with one attached hydrogen (secondary N) is 1. The quantitative estimate of drug-likeness (QED) is 0.876. The van der Waals surface area contributed by atoms with Gasteiger partial charge in [-0.3, -0.25) is 9.78 Å². The molecular weight excluding hydrogens is 244 g/mol. The summed E-state index contributed by atoms with van der Waals surface area (Å²) in [6.07, 6.45) is 2.68. The highest BCUT2D eigenvalue weighted by molar-refractivity contribution is 5.94. The molecule has 1 heterocycles. The zero-order valence-electron chi connectivity index (χ0n) is 10.5. The molecule has 2 rings (SSSR count). The van der Waals surface area contributed by atoms with Crippen molar-refractivity contribution in [2.45, 2.75) is 6.54 Å². The van der Waals surface area contributed by atoms with Crippen LogP contribution in [-0.4, -0.2) is 23.1 Å². The Morgan fingerprint density at radius 2 is 2.21 bits per heavy atom. The van der Waals surface area contributed by atoms with Gasteiger partial charge in [0.2, 0.25) is 0 Å². The second-order valence-corrected chi connectivity index (χ2v) is 3.97. The lowest BCUT2D eigenvalue weighted by Gasteiger charge is -2.07. The number of methoxy groups -OCH3 is 1. The van der Waals surface area contributed by atoms with Gasteiger partial charge in [0.1, 0.15) is 11.5 Å². The van der Waals surface area contributed by atoms with Crippen molar-refractivity contribution in [3.8, 4) is 11.5 Å². The third kappa shape index (κ3) is 3.45. The standard InChI is InChI=1S/C14H14N2O3/c1-19-13-4-2-3-10(5-13)7-16-14(18)11-6-12(17)9-15-8-11/h2-6,8-9,17H,7H2,1H3,(H,16,18). The molecule has 19 heavy (non-hydrogen) atoms. The minimum atomic E-state index is -0.286. The monoisotopic (exact) mass is 258 g/mol. The number of aromatic hydroxyl groups is 1. The summed E-state index contributed by atoms with van der Waals surface area (Å²) in [6, 6.07) is 8.80. The minimum Gasteiger partial charge on any atom is -0.506 e. The Labute approximate surface area is 110 Å². The Kier molecular flexibility index (Phi) is 3.97. The van der Waals surface area contributed by atoms with Crippen LogP contribution in [0.4, 0.5) is 0 Å². The van der Waals surface area contributed by atoms with E-state index in [-0.39, 0.29) is 11.7 Å². The van der Waals surface area contributed by atoms with E-state index in [2.05, 4.69) is 10.3 Å². The molecule has 0 saturated heterocycles. The summed E-state index contributed by atoms with van der Waals surface area (Å²) < 4.78 is 5.11. The smallest absolute Gasteiger partial charge is 0.253 e. The van der Waals surface area contributed by atoms with Gasteiger partial charge in [0.15, 0.2) is 0 Å². The van der Waals surface area contributed by atoms with Gasteiger partial charge < -0.3 is 15.2 Å². The normalized spacial score (nSPS) is 9.95. The number of ether oxygens (including phenoxy) is 1. The highest BCUT2D eigenvalue weighted by Gasteiger charge is 2.06. The topological polar surface area (TPSA) is 71.5 Å². The number of rotatable bonds is 4. The molecule has 0 aliphatic heterocycles. The van der Waals surface area contributed by atoms with Gasteiger partial charge in [0.05, 0.1) is 18.9 Å². The van der Waals surface area contributed by atoms with Crippen LogP contribution in [0.25, 0.3) is 0 Å². The maximum absolute atomic E-state index is 11.8. The molecule has 5 nitrogen and oxygen atoms in total. The Bertz CT molecular complexity index is 584. The largest absolute Gasteiger partial charge is 0.506 e. The average Bonchev–Trinajstić information content (AvgIpc) is 2.45. The zero-order valence-corrected chi connectivity index (χ0v) is 10.5. The summed E-state index contributed by atoms with van der Waals surface area (Å²) in [5, 5.41) is 12.0. The number of hydrogen-bond acceptors (Lipinski definition) is 4. The summed E-state index contributed by atoms with van der Waals surface area (Å²) in [5.74, 6) is 0.422. The van der Waals surface area contributed by atoms with Crippen LogP contribution in [0.3, 0.4) is 0 Å². The average molecular weight is 258 g/mol. The van der Waals surface area contributed by atoms with Crippen molar-refractivity contribution in [2.75, 3.05) is 7.11 Å². The van der Waals surface area contributed by atoms with Crippen molar-refractivity contribution >= 4 is 5.91 Å². The third-order valence-corrected chi connectivity index (χ3v) is 2.57. The highest BCUT2D eigenvalue weighted by atomic mass is 16.5. The van der Waals surface area contributed by atoms with Crippen molar-refractivity contribution in [3.63, 3.8) is 0 Å². The van der Waals surface area contributed by atoms with Gasteiger partial charge in [0, 0.05) is 12.7 Å². The summed E-state index contributed by atoms with van der Waals surface area (Å²) in [5.41, 5.74) is 1.25. The molecule has 98 valence electrons. The van der Waals surface area contributed by atoms with Crippen molar-refractivity contribution < 1.29 is 14.6 Å². The molecule has 0 saturated carbocycles. The van der Waals surface area contributed by atoms with E-state index in [0.29, 0.717) is 12.1 Å². The molecular formula is C14H14N2O3. The Morgan fingerprint density at radius 3 is 2.95 bits per heavy atom. The molecule has 2 N–H and O–H groups in total. The van der Waals surface area contributed by atoms with Crippen LogP contribution in [0.15, 0.2) is 42.7 Å². The second-order valence-electron chi connectivity index (χ2n) is 3.97. The van der Waals surface area contributed by atoms with E-state index in [9.17, 15) is 9.90 Å². The number of aromatic nitrogens is 1. The fraction of sp³-hybridized carbons (Fsp3) is 0.143. The van der Waals surface area contributed by atoms with Gasteiger partial charge in [0.25, 0.3) is 5.91 Å². The molecule has 1 aromatic carbocycles. The molecule has 0 unspecified atom stereocenters. The Hall–Kier alpha value is -2.56. The van der Waals surface area contributed by atoms with E-state index in [1.165, 1.54) is 18.5 Å². The summed E-state index contributed by atoms with van der Waals surface area (Å²) in [7, 11) is 1.59. The fourth-order valence-corrected chi connectivity index (χ4v) is 1.62. The van der Waals surface area contributed by atoms with Crippen molar-refractivity contribution in [3.05, 3.63) is 53.9 Å². The number of hydrogen-bond donors (Lipinski definition) is 2. The Balaban J connectivity index is 2.00. The molecule has 0 fully saturated rings. The van der Waals surface area contributed by atoms with Crippen LogP contribution in [0.2, 0.25) is 0 Å². The van der Waals surface area contributed by atoms with E-state index in [4.69, 9.17) is 4.74 Å². The predicted octanol–water partition coefficient (Wildman–Crippen LogP) is 1.73. The summed E-state index contributed by atoms with van der Waals surface area (Å²) in [4.78, 5) is 15.6. The van der Waals surface area contributed by atoms with Gasteiger partial charge >= 0.3 is 0 Å². The first-order valence-corrected chi connectivity index (χ1v) is 5.74. The van der Waals surface area contributed by atoms with Crippen molar-refractivity contribution in [1.29, 1.82) is 0 Å². The zero-order chi connectivity index (χ0) is 13.7. The van der Waals surface area contributed by atoms with E-state index in [1.807, 2.05) is 24.3 Å². The fourth-order valence-electron chi connectivity index (χ4n) is 1.62. The van der Waals surface area contributed by atoms with Gasteiger partial charge in [-0.1, -0.05) is 12.1 Å². The Morgan fingerprint density at radius 1 is 1.37 bits per heavy atom. The SMILES string of the molecule is COc1cccc(CNC(=O)c2cncc(O)c2)c1. The molecule has 1 aromatic heterocycles. The molecule has 0 spiro atoms. The van der Waals surface area contributed by atoms with E-state index in [1.54, 1.807) is 7.11 Å². The predicted molar refractivity (Wildman–Crippen MR) is 70.1 cm³/mol. The molecule has 5 heteroatoms. The molecule has 0 aliphatic carbocycles. The van der Waals surface area contributed by atoms with Crippen LogP contribution >= 0.6 is 0 Å². The summed E-state index contributed by atoms with van der Waals surface area (Å²) in [6.45, 7) is 0.381.